The van der Waals surface area contributed by atoms with Crippen LogP contribution in [0.2, 0.25) is 0 Å². The summed E-state index contributed by atoms with van der Waals surface area (Å²) in [4.78, 5) is 11.2. The van der Waals surface area contributed by atoms with Gasteiger partial charge in [-0.2, -0.15) is 0 Å². The molecule has 1 amide bonds. The minimum absolute atomic E-state index is 0.0510. The Kier molecular flexibility index (Phi) is 5.66. The fourth-order valence-electron chi connectivity index (χ4n) is 0.838. The van der Waals surface area contributed by atoms with Crippen LogP contribution in [-0.2, 0) is 4.79 Å². The number of carbonyl (C=O) groups excluding carboxylic acids is 1. The van der Waals surface area contributed by atoms with Crippen molar-refractivity contribution in [2.75, 3.05) is 6.61 Å². The highest BCUT2D eigenvalue weighted by Gasteiger charge is 2.13. The van der Waals surface area contributed by atoms with Crippen LogP contribution in [0.1, 0.15) is 26.7 Å². The van der Waals surface area contributed by atoms with E-state index in [0.29, 0.717) is 6.42 Å². The molecular formula is C8H18N2O2. The Hall–Kier alpha value is -0.610. The van der Waals surface area contributed by atoms with Crippen LogP contribution in [0.5, 0.6) is 0 Å². The van der Waals surface area contributed by atoms with E-state index in [1.54, 1.807) is 6.92 Å². The van der Waals surface area contributed by atoms with Gasteiger partial charge in [0.1, 0.15) is 0 Å². The first-order valence-electron chi connectivity index (χ1n) is 4.28. The number of hydrogen-bond donors (Lipinski definition) is 3. The number of rotatable bonds is 5. The molecule has 4 N–H and O–H groups in total. The number of nitrogens with one attached hydrogen (secondary N) is 1. The fourth-order valence-corrected chi connectivity index (χ4v) is 0.838. The van der Waals surface area contributed by atoms with E-state index in [4.69, 9.17) is 10.8 Å². The van der Waals surface area contributed by atoms with Gasteiger partial charge in [-0.1, -0.05) is 13.3 Å². The van der Waals surface area contributed by atoms with E-state index >= 15 is 0 Å². The average molecular weight is 174 g/mol. The van der Waals surface area contributed by atoms with E-state index < -0.39 is 6.04 Å². The predicted molar refractivity (Wildman–Crippen MR) is 47.6 cm³/mol. The van der Waals surface area contributed by atoms with Crippen molar-refractivity contribution in [3.63, 3.8) is 0 Å². The van der Waals surface area contributed by atoms with Gasteiger partial charge in [0, 0.05) is 6.04 Å². The quantitative estimate of drug-likeness (QED) is 0.531. The lowest BCUT2D eigenvalue weighted by Crippen LogP contribution is -2.45. The molecule has 0 heterocycles. The molecule has 0 aliphatic heterocycles. The van der Waals surface area contributed by atoms with Gasteiger partial charge in [-0.3, -0.25) is 4.79 Å². The summed E-state index contributed by atoms with van der Waals surface area (Å²) in [5.74, 6) is -0.182. The molecule has 0 spiro atoms. The number of nitrogens with two attached hydrogens (primary N) is 1. The van der Waals surface area contributed by atoms with Gasteiger partial charge >= 0.3 is 0 Å². The molecule has 0 aliphatic carbocycles. The van der Waals surface area contributed by atoms with Crippen LogP contribution in [0.15, 0.2) is 0 Å². The molecule has 4 heteroatoms. The number of carbonyl (C=O) groups is 1. The standard InChI is InChI=1S/C8H18N2O2/c1-3-4-7(9)8(12)10-6(2)5-11/h6-7,11H,3-5,9H2,1-2H3,(H,10,12)/t6-,7+/m1/s1. The van der Waals surface area contributed by atoms with Crippen LogP contribution in [0.3, 0.4) is 0 Å². The minimum Gasteiger partial charge on any atom is -0.394 e. The normalized spacial score (nSPS) is 15.3. The zero-order valence-electron chi connectivity index (χ0n) is 7.71. The van der Waals surface area contributed by atoms with E-state index in [-0.39, 0.29) is 18.6 Å². The van der Waals surface area contributed by atoms with Gasteiger partial charge in [0.15, 0.2) is 0 Å². The zero-order chi connectivity index (χ0) is 9.56. The van der Waals surface area contributed by atoms with Gasteiger partial charge < -0.3 is 16.2 Å². The van der Waals surface area contributed by atoms with Gasteiger partial charge in [0.05, 0.1) is 12.6 Å². The third kappa shape index (κ3) is 4.31. The van der Waals surface area contributed by atoms with Crippen molar-refractivity contribution >= 4 is 5.91 Å². The summed E-state index contributed by atoms with van der Waals surface area (Å²) >= 11 is 0. The van der Waals surface area contributed by atoms with E-state index in [1.807, 2.05) is 6.92 Å². The van der Waals surface area contributed by atoms with Crippen molar-refractivity contribution in [3.8, 4) is 0 Å². The van der Waals surface area contributed by atoms with Crippen LogP contribution in [0.4, 0.5) is 0 Å². The average Bonchev–Trinajstić information content (AvgIpc) is 2.04. The molecule has 4 nitrogen and oxygen atoms in total. The third-order valence-electron chi connectivity index (χ3n) is 1.60. The maximum atomic E-state index is 11.2. The molecule has 0 rings (SSSR count). The van der Waals surface area contributed by atoms with Crippen LogP contribution < -0.4 is 11.1 Å². The molecular weight excluding hydrogens is 156 g/mol. The summed E-state index contributed by atoms with van der Waals surface area (Å²) in [7, 11) is 0. The van der Waals surface area contributed by atoms with Gasteiger partial charge in [0.25, 0.3) is 0 Å². The molecule has 0 aliphatic rings. The molecule has 0 unspecified atom stereocenters. The molecule has 0 radical (unpaired) electrons. The topological polar surface area (TPSA) is 75.4 Å². The van der Waals surface area contributed by atoms with Gasteiger partial charge in [-0.25, -0.2) is 0 Å². The first kappa shape index (κ1) is 11.4. The number of aliphatic hydroxyl groups excluding tert-OH is 1. The summed E-state index contributed by atoms with van der Waals surface area (Å²) in [6, 6.07) is -0.649. The molecule has 72 valence electrons. The highest BCUT2D eigenvalue weighted by molar-refractivity contribution is 5.81. The van der Waals surface area contributed by atoms with E-state index in [2.05, 4.69) is 5.32 Å². The Morgan fingerprint density at radius 3 is 2.67 bits per heavy atom. The summed E-state index contributed by atoms with van der Waals surface area (Å²) in [5, 5.41) is 11.2. The first-order chi connectivity index (χ1) is 5.61. The maximum Gasteiger partial charge on any atom is 0.237 e. The van der Waals surface area contributed by atoms with E-state index in [9.17, 15) is 4.79 Å². The Balaban J connectivity index is 3.70. The summed E-state index contributed by atoms with van der Waals surface area (Å²) in [6.45, 7) is 3.66. The van der Waals surface area contributed by atoms with Gasteiger partial charge in [-0.15, -0.1) is 0 Å². The molecule has 0 aromatic rings. The minimum atomic E-state index is -0.441. The lowest BCUT2D eigenvalue weighted by molar-refractivity contribution is -0.123. The second-order valence-corrected chi connectivity index (χ2v) is 2.99. The predicted octanol–water partition coefficient (Wildman–Crippen LogP) is -0.389. The molecule has 0 bridgehead atoms. The van der Waals surface area contributed by atoms with Crippen molar-refractivity contribution in [2.24, 2.45) is 5.73 Å². The number of amides is 1. The summed E-state index contributed by atoms with van der Waals surface area (Å²) in [6.07, 6.45) is 1.58. The second kappa shape index (κ2) is 5.97. The Labute approximate surface area is 73.1 Å². The molecule has 2 atom stereocenters. The van der Waals surface area contributed by atoms with E-state index in [1.165, 1.54) is 0 Å². The molecule has 0 aromatic carbocycles. The van der Waals surface area contributed by atoms with Crippen molar-refractivity contribution in [1.29, 1.82) is 0 Å². The summed E-state index contributed by atoms with van der Waals surface area (Å²) < 4.78 is 0. The largest absolute Gasteiger partial charge is 0.394 e. The number of aliphatic hydroxyl groups is 1. The highest BCUT2D eigenvalue weighted by Crippen LogP contribution is 1.93. The molecule has 0 saturated carbocycles. The van der Waals surface area contributed by atoms with Crippen molar-refractivity contribution < 1.29 is 9.90 Å². The zero-order valence-corrected chi connectivity index (χ0v) is 7.71. The second-order valence-electron chi connectivity index (χ2n) is 2.99. The molecule has 0 fully saturated rings. The molecule has 0 saturated heterocycles. The van der Waals surface area contributed by atoms with E-state index in [0.717, 1.165) is 6.42 Å². The smallest absolute Gasteiger partial charge is 0.237 e. The summed E-state index contributed by atoms with van der Waals surface area (Å²) in [5.41, 5.74) is 5.54. The van der Waals surface area contributed by atoms with Crippen molar-refractivity contribution in [1.82, 2.24) is 5.32 Å². The maximum absolute atomic E-state index is 11.2. The van der Waals surface area contributed by atoms with Crippen molar-refractivity contribution in [3.05, 3.63) is 0 Å². The lowest BCUT2D eigenvalue weighted by atomic mass is 10.1. The van der Waals surface area contributed by atoms with Crippen LogP contribution in [0.25, 0.3) is 0 Å². The Morgan fingerprint density at radius 1 is 1.67 bits per heavy atom. The first-order valence-corrected chi connectivity index (χ1v) is 4.28. The fraction of sp³-hybridized carbons (Fsp3) is 0.875. The van der Waals surface area contributed by atoms with Gasteiger partial charge in [-0.05, 0) is 13.3 Å². The van der Waals surface area contributed by atoms with Crippen LogP contribution >= 0.6 is 0 Å². The Morgan fingerprint density at radius 2 is 2.25 bits per heavy atom. The SMILES string of the molecule is CCC[C@H](N)C(=O)N[C@H](C)CO. The number of hydrogen-bond acceptors (Lipinski definition) is 3. The lowest BCUT2D eigenvalue weighted by Gasteiger charge is -2.14. The molecule has 0 aromatic heterocycles. The van der Waals surface area contributed by atoms with Crippen LogP contribution in [0, 0.1) is 0 Å². The monoisotopic (exact) mass is 174 g/mol. The van der Waals surface area contributed by atoms with Crippen molar-refractivity contribution in [2.45, 2.75) is 38.8 Å². The highest BCUT2D eigenvalue weighted by atomic mass is 16.3. The Bertz CT molecular complexity index is 139. The van der Waals surface area contributed by atoms with Gasteiger partial charge in [0.2, 0.25) is 5.91 Å². The third-order valence-corrected chi connectivity index (χ3v) is 1.60. The molecule has 12 heavy (non-hydrogen) atoms. The van der Waals surface area contributed by atoms with Crippen LogP contribution in [-0.4, -0.2) is 29.7 Å².